The molecule has 7 nitrogen and oxygen atoms in total. The fraction of sp³-hybridized carbons (Fsp3) is 0.531. The minimum absolute atomic E-state index is 0.0160. The van der Waals surface area contributed by atoms with Gasteiger partial charge in [-0.1, -0.05) is 76.2 Å². The molecule has 2 aliphatic rings. The number of para-hydroxylation sites is 1. The molecule has 4 rings (SSSR count). The average Bonchev–Trinajstić information content (AvgIpc) is 3.15. The fourth-order valence-corrected chi connectivity index (χ4v) is 6.21. The molecule has 1 spiro atoms. The van der Waals surface area contributed by atoms with Gasteiger partial charge in [-0.25, -0.2) is 0 Å². The van der Waals surface area contributed by atoms with Crippen LogP contribution in [0.5, 0.6) is 0 Å². The molecule has 0 aromatic heterocycles. The Labute approximate surface area is 233 Å². The Morgan fingerprint density at radius 1 is 0.974 bits per heavy atom. The maximum Gasteiger partial charge on any atom is 0.250 e. The van der Waals surface area contributed by atoms with Gasteiger partial charge < -0.3 is 20.0 Å². The van der Waals surface area contributed by atoms with E-state index in [9.17, 15) is 14.4 Å². The number of carbonyl (C=O) groups excluding carboxylic acids is 3. The van der Waals surface area contributed by atoms with Crippen LogP contribution < -0.4 is 10.2 Å². The molecule has 2 aromatic rings. The lowest BCUT2D eigenvalue weighted by atomic mass is 9.83. The van der Waals surface area contributed by atoms with Crippen molar-refractivity contribution in [3.63, 3.8) is 0 Å². The van der Waals surface area contributed by atoms with Crippen LogP contribution in [0.3, 0.4) is 0 Å². The number of piperidine rings is 1. The summed E-state index contributed by atoms with van der Waals surface area (Å²) in [5, 5.41) is 2.98. The first kappa shape index (κ1) is 28.7. The van der Waals surface area contributed by atoms with Gasteiger partial charge in [-0.2, -0.15) is 0 Å². The Morgan fingerprint density at radius 2 is 1.59 bits per heavy atom. The maximum atomic E-state index is 13.9. The van der Waals surface area contributed by atoms with Crippen molar-refractivity contribution in [1.29, 1.82) is 0 Å². The van der Waals surface area contributed by atoms with Crippen LogP contribution in [0.2, 0.25) is 0 Å². The Kier molecular flexibility index (Phi) is 8.98. The van der Waals surface area contributed by atoms with Crippen molar-refractivity contribution in [2.24, 2.45) is 11.3 Å². The van der Waals surface area contributed by atoms with Crippen LogP contribution in [-0.2, 0) is 20.8 Å². The van der Waals surface area contributed by atoms with Crippen molar-refractivity contribution in [3.05, 3.63) is 66.2 Å². The third-order valence-corrected chi connectivity index (χ3v) is 7.92. The van der Waals surface area contributed by atoms with Crippen molar-refractivity contribution in [3.8, 4) is 0 Å². The van der Waals surface area contributed by atoms with Gasteiger partial charge in [-0.15, -0.1) is 0 Å². The molecule has 2 aliphatic heterocycles. The second kappa shape index (κ2) is 12.2. The molecule has 0 aliphatic carbocycles. The first-order chi connectivity index (χ1) is 18.6. The molecular weight excluding hydrogens is 488 g/mol. The van der Waals surface area contributed by atoms with Gasteiger partial charge in [0.1, 0.15) is 12.1 Å². The predicted octanol–water partition coefficient (Wildman–Crippen LogP) is 4.48. The second-order valence-corrected chi connectivity index (χ2v) is 12.5. The highest BCUT2D eigenvalue weighted by atomic mass is 16.2. The zero-order valence-electron chi connectivity index (χ0n) is 24.0. The summed E-state index contributed by atoms with van der Waals surface area (Å²) < 4.78 is 0. The molecule has 1 N–H and O–H groups in total. The van der Waals surface area contributed by atoms with E-state index in [4.69, 9.17) is 0 Å². The van der Waals surface area contributed by atoms with E-state index in [-0.39, 0.29) is 29.7 Å². The van der Waals surface area contributed by atoms with Crippen LogP contribution in [0.4, 0.5) is 5.69 Å². The number of nitrogens with one attached hydrogen (secondary N) is 1. The summed E-state index contributed by atoms with van der Waals surface area (Å²) in [4.78, 5) is 45.6. The maximum absolute atomic E-state index is 13.9. The Bertz CT molecular complexity index is 1120. The van der Waals surface area contributed by atoms with E-state index in [1.807, 2.05) is 65.6 Å². The summed E-state index contributed by atoms with van der Waals surface area (Å²) >= 11 is 0. The standard InChI is InChI=1S/C32H44N4O3/c1-25(22-31(2,3)4)21-29(38)34-19-16-32(17-20-34)30(39)35(24-36(32)27-13-9-6-10-14-27)23-28(37)33-18-15-26-11-7-5-8-12-26/h5-14,25H,15-24H2,1-4H3,(H,33,37). The van der Waals surface area contributed by atoms with Gasteiger partial charge in [-0.05, 0) is 54.7 Å². The first-order valence-corrected chi connectivity index (χ1v) is 14.3. The van der Waals surface area contributed by atoms with Crippen LogP contribution in [0.25, 0.3) is 0 Å². The number of benzene rings is 2. The number of likely N-dealkylation sites (tertiary alicyclic amines) is 1. The van der Waals surface area contributed by atoms with Gasteiger partial charge in [0.05, 0.1) is 6.67 Å². The predicted molar refractivity (Wildman–Crippen MR) is 155 cm³/mol. The largest absolute Gasteiger partial charge is 0.354 e. The number of nitrogens with zero attached hydrogens (tertiary/aromatic N) is 3. The van der Waals surface area contributed by atoms with Crippen LogP contribution in [-0.4, -0.2) is 65.9 Å². The Balaban J connectivity index is 1.40. The van der Waals surface area contributed by atoms with Gasteiger partial charge in [0.15, 0.2) is 0 Å². The van der Waals surface area contributed by atoms with E-state index in [1.165, 1.54) is 5.56 Å². The topological polar surface area (TPSA) is 73.0 Å². The van der Waals surface area contributed by atoms with Crippen molar-refractivity contribution in [1.82, 2.24) is 15.1 Å². The summed E-state index contributed by atoms with van der Waals surface area (Å²) in [6.07, 6.45) is 3.41. The normalized spacial score (nSPS) is 17.9. The van der Waals surface area contributed by atoms with Crippen LogP contribution in [0.1, 0.15) is 58.9 Å². The molecule has 2 saturated heterocycles. The summed E-state index contributed by atoms with van der Waals surface area (Å²) in [5.74, 6) is 0.328. The molecule has 2 heterocycles. The van der Waals surface area contributed by atoms with Gasteiger partial charge in [-0.3, -0.25) is 14.4 Å². The molecule has 210 valence electrons. The molecule has 39 heavy (non-hydrogen) atoms. The Morgan fingerprint density at radius 3 is 2.21 bits per heavy atom. The lowest BCUT2D eigenvalue weighted by molar-refractivity contribution is -0.140. The van der Waals surface area contributed by atoms with Gasteiger partial charge in [0.2, 0.25) is 11.8 Å². The van der Waals surface area contributed by atoms with Crippen LogP contribution >= 0.6 is 0 Å². The summed E-state index contributed by atoms with van der Waals surface area (Å²) in [5.41, 5.74) is 1.59. The number of hydrogen-bond acceptors (Lipinski definition) is 4. The molecule has 0 bridgehead atoms. The van der Waals surface area contributed by atoms with Crippen molar-refractivity contribution >= 4 is 23.4 Å². The molecular formula is C32H44N4O3. The van der Waals surface area contributed by atoms with E-state index in [2.05, 4.69) is 37.9 Å². The molecule has 2 fully saturated rings. The van der Waals surface area contributed by atoms with E-state index in [0.29, 0.717) is 51.5 Å². The summed E-state index contributed by atoms with van der Waals surface area (Å²) in [6.45, 7) is 10.8. The lowest BCUT2D eigenvalue weighted by Crippen LogP contribution is -2.57. The van der Waals surface area contributed by atoms with Crippen LogP contribution in [0.15, 0.2) is 60.7 Å². The number of hydrogen-bond donors (Lipinski definition) is 1. The minimum Gasteiger partial charge on any atom is -0.354 e. The number of carbonyl (C=O) groups is 3. The minimum atomic E-state index is -0.737. The first-order valence-electron chi connectivity index (χ1n) is 14.3. The van der Waals surface area contributed by atoms with Crippen molar-refractivity contribution < 1.29 is 14.4 Å². The highest BCUT2D eigenvalue weighted by Crippen LogP contribution is 2.39. The highest BCUT2D eigenvalue weighted by Gasteiger charge is 2.54. The molecule has 0 radical (unpaired) electrons. The lowest BCUT2D eigenvalue weighted by Gasteiger charge is -2.43. The second-order valence-electron chi connectivity index (χ2n) is 12.5. The van der Waals surface area contributed by atoms with Crippen LogP contribution in [0, 0.1) is 11.3 Å². The number of rotatable bonds is 9. The SMILES string of the molecule is CC(CC(=O)N1CCC2(CC1)C(=O)N(CC(=O)NCCc1ccccc1)CN2c1ccccc1)CC(C)(C)C. The van der Waals surface area contributed by atoms with E-state index < -0.39 is 5.54 Å². The third-order valence-electron chi connectivity index (χ3n) is 7.92. The zero-order chi connectivity index (χ0) is 28.0. The molecule has 1 unspecified atom stereocenters. The van der Waals surface area contributed by atoms with E-state index in [0.717, 1.165) is 18.5 Å². The number of amides is 3. The molecule has 7 heteroatoms. The third kappa shape index (κ3) is 7.20. The highest BCUT2D eigenvalue weighted by molar-refractivity contribution is 5.96. The smallest absolute Gasteiger partial charge is 0.250 e. The van der Waals surface area contributed by atoms with Gasteiger partial charge >= 0.3 is 0 Å². The van der Waals surface area contributed by atoms with Crippen molar-refractivity contribution in [2.45, 2.75) is 65.3 Å². The average molecular weight is 533 g/mol. The summed E-state index contributed by atoms with van der Waals surface area (Å²) in [7, 11) is 0. The molecule has 0 saturated carbocycles. The van der Waals surface area contributed by atoms with E-state index in [1.54, 1.807) is 4.90 Å². The zero-order valence-corrected chi connectivity index (χ0v) is 24.0. The monoisotopic (exact) mass is 532 g/mol. The quantitative estimate of drug-likeness (QED) is 0.517. The van der Waals surface area contributed by atoms with Crippen molar-refractivity contribution in [2.75, 3.05) is 37.7 Å². The van der Waals surface area contributed by atoms with Gasteiger partial charge in [0.25, 0.3) is 5.91 Å². The number of anilines is 1. The molecule has 3 amide bonds. The molecule has 1 atom stereocenters. The summed E-state index contributed by atoms with van der Waals surface area (Å²) in [6, 6.07) is 20.0. The van der Waals surface area contributed by atoms with E-state index >= 15 is 0 Å². The van der Waals surface area contributed by atoms with Gasteiger partial charge in [0, 0.05) is 31.7 Å². The molecule has 2 aromatic carbocycles. The Hall–Kier alpha value is -3.35. The fourth-order valence-electron chi connectivity index (χ4n) is 6.21.